The second kappa shape index (κ2) is 5.12. The molecule has 4 nitrogen and oxygen atoms in total. The Morgan fingerprint density at radius 1 is 1.28 bits per heavy atom. The first-order valence-electron chi connectivity index (χ1n) is 6.06. The zero-order valence-electron chi connectivity index (χ0n) is 11.1. The number of aromatic nitrogens is 2. The monoisotopic (exact) mass is 245 g/mol. The highest BCUT2D eigenvalue weighted by Gasteiger charge is 2.06. The summed E-state index contributed by atoms with van der Waals surface area (Å²) in [6, 6.07) is 5.70. The molecule has 1 heterocycles. The van der Waals surface area contributed by atoms with Crippen molar-refractivity contribution in [3.8, 4) is 16.9 Å². The molecular weight excluding hydrogens is 226 g/mol. The van der Waals surface area contributed by atoms with Gasteiger partial charge >= 0.3 is 0 Å². The molecule has 0 aliphatic rings. The minimum Gasteiger partial charge on any atom is -0.497 e. The second-order valence-corrected chi connectivity index (χ2v) is 4.84. The predicted octanol–water partition coefficient (Wildman–Crippen LogP) is 2.80. The van der Waals surface area contributed by atoms with Crippen molar-refractivity contribution in [2.75, 3.05) is 12.8 Å². The Morgan fingerprint density at radius 2 is 2.06 bits per heavy atom. The smallest absolute Gasteiger partial charge is 0.121 e. The minimum absolute atomic E-state index is 0.577. The fourth-order valence-electron chi connectivity index (χ4n) is 1.89. The number of methoxy groups -OCH3 is 1. The Bertz CT molecular complexity index is 532. The van der Waals surface area contributed by atoms with Gasteiger partial charge in [-0.2, -0.15) is 5.10 Å². The zero-order valence-corrected chi connectivity index (χ0v) is 11.1. The van der Waals surface area contributed by atoms with E-state index in [9.17, 15) is 0 Å². The van der Waals surface area contributed by atoms with Gasteiger partial charge in [-0.1, -0.05) is 13.8 Å². The Balaban J connectivity index is 2.30. The van der Waals surface area contributed by atoms with Crippen LogP contribution in [0.15, 0.2) is 30.6 Å². The molecule has 0 atom stereocenters. The average molecular weight is 245 g/mol. The number of rotatable bonds is 4. The molecule has 18 heavy (non-hydrogen) atoms. The maximum atomic E-state index is 5.85. The summed E-state index contributed by atoms with van der Waals surface area (Å²) >= 11 is 0. The lowest BCUT2D eigenvalue weighted by Gasteiger charge is -2.05. The van der Waals surface area contributed by atoms with Crippen LogP contribution >= 0.6 is 0 Å². The predicted molar refractivity (Wildman–Crippen MR) is 73.5 cm³/mol. The van der Waals surface area contributed by atoms with Gasteiger partial charge in [-0.15, -0.1) is 0 Å². The van der Waals surface area contributed by atoms with Crippen molar-refractivity contribution < 1.29 is 4.74 Å². The maximum absolute atomic E-state index is 5.85. The highest BCUT2D eigenvalue weighted by Crippen LogP contribution is 2.26. The molecule has 0 fully saturated rings. The van der Waals surface area contributed by atoms with Gasteiger partial charge in [-0.05, 0) is 23.6 Å². The van der Waals surface area contributed by atoms with Crippen LogP contribution in [0.4, 0.5) is 5.69 Å². The Kier molecular flexibility index (Phi) is 3.55. The number of benzene rings is 1. The van der Waals surface area contributed by atoms with Crippen LogP contribution in [-0.4, -0.2) is 16.9 Å². The van der Waals surface area contributed by atoms with E-state index in [1.165, 1.54) is 0 Å². The zero-order chi connectivity index (χ0) is 13.1. The lowest BCUT2D eigenvalue weighted by molar-refractivity contribution is 0.415. The second-order valence-electron chi connectivity index (χ2n) is 4.84. The average Bonchev–Trinajstić information content (AvgIpc) is 2.75. The number of hydrogen-bond donors (Lipinski definition) is 1. The lowest BCUT2D eigenvalue weighted by atomic mass is 10.1. The molecule has 0 aliphatic carbocycles. The van der Waals surface area contributed by atoms with E-state index in [1.807, 2.05) is 35.3 Å². The highest BCUT2D eigenvalue weighted by atomic mass is 16.5. The van der Waals surface area contributed by atoms with Crippen molar-refractivity contribution in [2.24, 2.45) is 5.92 Å². The van der Waals surface area contributed by atoms with Gasteiger partial charge in [0.25, 0.3) is 0 Å². The molecule has 0 bridgehead atoms. The van der Waals surface area contributed by atoms with Crippen LogP contribution < -0.4 is 10.5 Å². The molecule has 0 radical (unpaired) electrons. The Morgan fingerprint density at radius 3 is 2.72 bits per heavy atom. The van der Waals surface area contributed by atoms with E-state index in [4.69, 9.17) is 10.5 Å². The standard InChI is InChI=1S/C14H19N3O/c1-10(2)8-17-9-12(7-16-17)11-4-13(15)6-14(5-11)18-3/h4-7,9-10H,8,15H2,1-3H3. The van der Waals surface area contributed by atoms with Crippen molar-refractivity contribution in [1.29, 1.82) is 0 Å². The first-order valence-corrected chi connectivity index (χ1v) is 6.06. The first kappa shape index (κ1) is 12.5. The number of hydrogen-bond acceptors (Lipinski definition) is 3. The number of ether oxygens (including phenoxy) is 1. The number of nitrogen functional groups attached to an aromatic ring is 1. The molecule has 1 aromatic heterocycles. The van der Waals surface area contributed by atoms with E-state index in [2.05, 4.69) is 18.9 Å². The molecular formula is C14H19N3O. The summed E-state index contributed by atoms with van der Waals surface area (Å²) in [7, 11) is 1.64. The van der Waals surface area contributed by atoms with Gasteiger partial charge in [0.05, 0.1) is 13.3 Å². The van der Waals surface area contributed by atoms with E-state index in [0.717, 1.165) is 23.4 Å². The van der Waals surface area contributed by atoms with Gasteiger partial charge in [0.15, 0.2) is 0 Å². The lowest BCUT2D eigenvalue weighted by Crippen LogP contribution is -2.03. The molecule has 0 saturated carbocycles. The first-order chi connectivity index (χ1) is 8.58. The number of anilines is 1. The van der Waals surface area contributed by atoms with Crippen LogP contribution in [0.25, 0.3) is 11.1 Å². The Hall–Kier alpha value is -1.97. The van der Waals surface area contributed by atoms with Crippen molar-refractivity contribution >= 4 is 5.69 Å². The summed E-state index contributed by atoms with van der Waals surface area (Å²) in [5.74, 6) is 1.34. The third-order valence-electron chi connectivity index (χ3n) is 2.68. The molecule has 4 heteroatoms. The molecule has 0 aliphatic heterocycles. The van der Waals surface area contributed by atoms with Crippen LogP contribution in [-0.2, 0) is 6.54 Å². The van der Waals surface area contributed by atoms with Crippen molar-refractivity contribution in [2.45, 2.75) is 20.4 Å². The molecule has 96 valence electrons. The van der Waals surface area contributed by atoms with Crippen molar-refractivity contribution in [3.63, 3.8) is 0 Å². The quantitative estimate of drug-likeness (QED) is 0.843. The molecule has 0 spiro atoms. The van der Waals surface area contributed by atoms with Crippen LogP contribution in [0.1, 0.15) is 13.8 Å². The van der Waals surface area contributed by atoms with Crippen LogP contribution in [0.3, 0.4) is 0 Å². The topological polar surface area (TPSA) is 53.1 Å². The van der Waals surface area contributed by atoms with E-state index in [0.29, 0.717) is 11.6 Å². The van der Waals surface area contributed by atoms with Gasteiger partial charge in [0.1, 0.15) is 5.75 Å². The van der Waals surface area contributed by atoms with Crippen molar-refractivity contribution in [3.05, 3.63) is 30.6 Å². The molecule has 2 rings (SSSR count). The molecule has 0 saturated heterocycles. The summed E-state index contributed by atoms with van der Waals surface area (Å²) in [6.07, 6.45) is 3.89. The number of nitrogens with zero attached hydrogens (tertiary/aromatic N) is 2. The van der Waals surface area contributed by atoms with Crippen molar-refractivity contribution in [1.82, 2.24) is 9.78 Å². The fraction of sp³-hybridized carbons (Fsp3) is 0.357. The van der Waals surface area contributed by atoms with Gasteiger partial charge < -0.3 is 10.5 Å². The molecule has 0 amide bonds. The molecule has 0 unspecified atom stereocenters. The van der Waals surface area contributed by atoms with Gasteiger partial charge in [0, 0.05) is 30.1 Å². The maximum Gasteiger partial charge on any atom is 0.121 e. The van der Waals surface area contributed by atoms with Crippen LogP contribution in [0.2, 0.25) is 0 Å². The van der Waals surface area contributed by atoms with E-state index < -0.39 is 0 Å². The Labute approximate surface area is 107 Å². The molecule has 1 aromatic carbocycles. The van der Waals surface area contributed by atoms with Gasteiger partial charge in [0.2, 0.25) is 0 Å². The van der Waals surface area contributed by atoms with E-state index in [1.54, 1.807) is 7.11 Å². The number of nitrogens with two attached hydrogens (primary N) is 1. The third-order valence-corrected chi connectivity index (χ3v) is 2.68. The molecule has 2 aromatic rings. The SMILES string of the molecule is COc1cc(N)cc(-c2cnn(CC(C)C)c2)c1. The summed E-state index contributed by atoms with van der Waals surface area (Å²) in [5, 5.41) is 4.35. The van der Waals surface area contributed by atoms with Gasteiger partial charge in [-0.3, -0.25) is 4.68 Å². The summed E-state index contributed by atoms with van der Waals surface area (Å²) < 4.78 is 7.18. The summed E-state index contributed by atoms with van der Waals surface area (Å²) in [5.41, 5.74) is 8.63. The normalized spacial score (nSPS) is 10.9. The molecule has 2 N–H and O–H groups in total. The van der Waals surface area contributed by atoms with Crippen LogP contribution in [0.5, 0.6) is 5.75 Å². The van der Waals surface area contributed by atoms with E-state index in [-0.39, 0.29) is 0 Å². The minimum atomic E-state index is 0.577. The van der Waals surface area contributed by atoms with Gasteiger partial charge in [-0.25, -0.2) is 0 Å². The largest absolute Gasteiger partial charge is 0.497 e. The van der Waals surface area contributed by atoms with Crippen LogP contribution in [0, 0.1) is 5.92 Å². The fourth-order valence-corrected chi connectivity index (χ4v) is 1.89. The van der Waals surface area contributed by atoms with E-state index >= 15 is 0 Å². The summed E-state index contributed by atoms with van der Waals surface area (Å²) in [6.45, 7) is 5.26. The highest BCUT2D eigenvalue weighted by molar-refractivity contribution is 5.68. The summed E-state index contributed by atoms with van der Waals surface area (Å²) in [4.78, 5) is 0. The third kappa shape index (κ3) is 2.83.